The highest BCUT2D eigenvalue weighted by atomic mass is 15.1. The first kappa shape index (κ1) is 28.4. The molecule has 4 heterocycles. The molecule has 0 aliphatic carbocycles. The molecule has 6 nitrogen and oxygen atoms in total. The van der Waals surface area contributed by atoms with Gasteiger partial charge in [-0.1, -0.05) is 60.7 Å². The fraction of sp³-hybridized carbons (Fsp3) is 0.0455. The lowest BCUT2D eigenvalue weighted by Gasteiger charge is -2.22. The number of benzene rings is 6. The molecule has 238 valence electrons. The molecular weight excluding hydrogens is 613 g/mol. The minimum absolute atomic E-state index is 0.962. The number of rotatable bonds is 5. The van der Waals surface area contributed by atoms with E-state index >= 15 is 0 Å². The van der Waals surface area contributed by atoms with Gasteiger partial charge in [-0.15, -0.1) is 0 Å². The van der Waals surface area contributed by atoms with E-state index in [4.69, 9.17) is 9.97 Å². The number of imidazole rings is 2. The van der Waals surface area contributed by atoms with Gasteiger partial charge in [0.25, 0.3) is 0 Å². The number of fused-ring (bicyclic) bond motifs is 4. The van der Waals surface area contributed by atoms with Gasteiger partial charge in [0.15, 0.2) is 0 Å². The molecular formula is C44H32N6. The number of aromatic nitrogens is 6. The number of hydrogen-bond acceptors (Lipinski definition) is 2. The van der Waals surface area contributed by atoms with Crippen LogP contribution in [0, 0.1) is 13.8 Å². The molecule has 0 saturated heterocycles. The van der Waals surface area contributed by atoms with E-state index in [1.165, 1.54) is 38.5 Å². The molecule has 50 heavy (non-hydrogen) atoms. The van der Waals surface area contributed by atoms with Crippen LogP contribution in [0.5, 0.6) is 0 Å². The zero-order valence-corrected chi connectivity index (χ0v) is 27.7. The van der Waals surface area contributed by atoms with E-state index in [0.717, 1.165) is 50.4 Å². The van der Waals surface area contributed by atoms with E-state index in [-0.39, 0.29) is 0 Å². The largest absolute Gasteiger partial charge is 0.316 e. The summed E-state index contributed by atoms with van der Waals surface area (Å²) in [5, 5.41) is 2.42. The van der Waals surface area contributed by atoms with E-state index in [1.54, 1.807) is 0 Å². The van der Waals surface area contributed by atoms with Gasteiger partial charge in [0.05, 0.1) is 44.5 Å². The summed E-state index contributed by atoms with van der Waals surface area (Å²) in [5.41, 5.74) is 15.5. The third-order valence-corrected chi connectivity index (χ3v) is 10.2. The molecule has 0 spiro atoms. The van der Waals surface area contributed by atoms with Crippen LogP contribution in [-0.2, 0) is 0 Å². The maximum absolute atomic E-state index is 4.79. The molecule has 0 bridgehead atoms. The van der Waals surface area contributed by atoms with Crippen molar-refractivity contribution in [1.29, 1.82) is 0 Å². The van der Waals surface area contributed by atoms with Crippen LogP contribution in [0.2, 0.25) is 0 Å². The van der Waals surface area contributed by atoms with Crippen LogP contribution in [0.3, 0.4) is 0 Å². The molecule has 0 fully saturated rings. The Balaban J connectivity index is 1.30. The van der Waals surface area contributed by atoms with Gasteiger partial charge in [0, 0.05) is 23.8 Å². The Morgan fingerprint density at radius 3 is 1.46 bits per heavy atom. The van der Waals surface area contributed by atoms with Crippen LogP contribution in [-0.4, -0.2) is 28.2 Å². The molecule has 0 radical (unpaired) electrons. The van der Waals surface area contributed by atoms with Crippen molar-refractivity contribution < 1.29 is 0 Å². The monoisotopic (exact) mass is 644 g/mol. The number of hydrogen-bond donors (Lipinski definition) is 0. The second-order valence-electron chi connectivity index (χ2n) is 13.0. The van der Waals surface area contributed by atoms with Gasteiger partial charge in [-0.05, 0) is 120 Å². The molecule has 0 saturated carbocycles. The maximum atomic E-state index is 4.79. The average Bonchev–Trinajstić information content (AvgIpc) is 3.97. The highest BCUT2D eigenvalue weighted by Crippen LogP contribution is 2.39. The molecule has 4 aromatic heterocycles. The van der Waals surface area contributed by atoms with E-state index < -0.39 is 0 Å². The summed E-state index contributed by atoms with van der Waals surface area (Å²) in [7, 11) is 0. The minimum Gasteiger partial charge on any atom is -0.316 e. The predicted molar refractivity (Wildman–Crippen MR) is 204 cm³/mol. The fourth-order valence-corrected chi connectivity index (χ4v) is 7.62. The first-order chi connectivity index (χ1) is 24.6. The van der Waals surface area contributed by atoms with Gasteiger partial charge >= 0.3 is 0 Å². The van der Waals surface area contributed by atoms with Crippen LogP contribution in [0.1, 0.15) is 11.1 Å². The Kier molecular flexibility index (Phi) is 6.20. The summed E-state index contributed by atoms with van der Waals surface area (Å²) < 4.78 is 9.05. The lowest BCUT2D eigenvalue weighted by molar-refractivity contribution is 1.04. The normalized spacial score (nSPS) is 11.8. The highest BCUT2D eigenvalue weighted by molar-refractivity contribution is 5.88. The van der Waals surface area contributed by atoms with Crippen molar-refractivity contribution in [1.82, 2.24) is 28.2 Å². The Labute approximate surface area is 288 Å². The summed E-state index contributed by atoms with van der Waals surface area (Å²) in [5.74, 6) is 0. The molecule has 0 aliphatic rings. The standard InChI is InChI=1S/C44H32N6/c1-29-35(23-33(47-21-19-31-11-3-7-15-39(31)47)25-43(29)48-22-20-32-12-4-8-16-40(32)48)36-24-34(49-27-45-37-13-5-9-17-41(37)49)26-44(30(36)2)50-28-46-38-14-6-10-18-42(38)50/h3-28H,1-2H3. The van der Waals surface area contributed by atoms with Crippen molar-refractivity contribution in [3.63, 3.8) is 0 Å². The molecule has 0 aliphatic heterocycles. The topological polar surface area (TPSA) is 45.5 Å². The van der Waals surface area contributed by atoms with E-state index in [2.05, 4.69) is 166 Å². The van der Waals surface area contributed by atoms with Gasteiger partial charge < -0.3 is 9.13 Å². The van der Waals surface area contributed by atoms with Gasteiger partial charge in [-0.3, -0.25) is 9.13 Å². The van der Waals surface area contributed by atoms with Crippen molar-refractivity contribution in [3.05, 3.63) is 170 Å². The van der Waals surface area contributed by atoms with Crippen molar-refractivity contribution in [2.75, 3.05) is 0 Å². The fourth-order valence-electron chi connectivity index (χ4n) is 7.62. The molecule has 10 rings (SSSR count). The van der Waals surface area contributed by atoms with Crippen LogP contribution in [0.15, 0.2) is 159 Å². The molecule has 0 N–H and O–H groups in total. The summed E-state index contributed by atoms with van der Waals surface area (Å²) in [6.07, 6.45) is 8.25. The summed E-state index contributed by atoms with van der Waals surface area (Å²) in [4.78, 5) is 9.56. The average molecular weight is 645 g/mol. The number of para-hydroxylation sites is 6. The zero-order valence-electron chi connectivity index (χ0n) is 27.7. The van der Waals surface area contributed by atoms with E-state index in [9.17, 15) is 0 Å². The summed E-state index contributed by atoms with van der Waals surface area (Å²) >= 11 is 0. The lowest BCUT2D eigenvalue weighted by atomic mass is 9.92. The maximum Gasteiger partial charge on any atom is 0.100 e. The summed E-state index contributed by atoms with van der Waals surface area (Å²) in [6.45, 7) is 4.49. The van der Waals surface area contributed by atoms with Gasteiger partial charge in [-0.25, -0.2) is 9.97 Å². The van der Waals surface area contributed by atoms with Gasteiger partial charge in [0.1, 0.15) is 12.7 Å². The van der Waals surface area contributed by atoms with Crippen LogP contribution in [0.25, 0.3) is 77.7 Å². The van der Waals surface area contributed by atoms with Crippen LogP contribution in [0.4, 0.5) is 0 Å². The Bertz CT molecular complexity index is 2710. The second-order valence-corrected chi connectivity index (χ2v) is 13.0. The smallest absolute Gasteiger partial charge is 0.100 e. The van der Waals surface area contributed by atoms with Crippen LogP contribution < -0.4 is 0 Å². The van der Waals surface area contributed by atoms with E-state index in [1.807, 2.05) is 24.8 Å². The SMILES string of the molecule is Cc1c(-c2cc(-n3cnc4ccccc43)cc(-n3cnc4ccccc43)c2C)cc(-n2ccc3ccccc32)cc1-n1ccc2ccccc21. The van der Waals surface area contributed by atoms with Gasteiger partial charge in [0.2, 0.25) is 0 Å². The first-order valence-corrected chi connectivity index (χ1v) is 16.9. The lowest BCUT2D eigenvalue weighted by Crippen LogP contribution is -2.05. The van der Waals surface area contributed by atoms with Crippen molar-refractivity contribution in [2.45, 2.75) is 13.8 Å². The van der Waals surface area contributed by atoms with E-state index in [0.29, 0.717) is 0 Å². The van der Waals surface area contributed by atoms with Crippen molar-refractivity contribution in [3.8, 4) is 33.9 Å². The molecule has 10 aromatic rings. The van der Waals surface area contributed by atoms with Crippen molar-refractivity contribution >= 4 is 43.9 Å². The Morgan fingerprint density at radius 2 is 0.840 bits per heavy atom. The predicted octanol–water partition coefficient (Wildman–Crippen LogP) is 10.5. The molecule has 6 heteroatoms. The molecule has 0 amide bonds. The third kappa shape index (κ3) is 4.28. The minimum atomic E-state index is 0.962. The van der Waals surface area contributed by atoms with Gasteiger partial charge in [-0.2, -0.15) is 0 Å². The molecule has 6 aromatic carbocycles. The first-order valence-electron chi connectivity index (χ1n) is 16.9. The third-order valence-electron chi connectivity index (χ3n) is 10.2. The number of nitrogens with zero attached hydrogens (tertiary/aromatic N) is 6. The Morgan fingerprint density at radius 1 is 0.400 bits per heavy atom. The van der Waals surface area contributed by atoms with Crippen molar-refractivity contribution in [2.24, 2.45) is 0 Å². The quantitative estimate of drug-likeness (QED) is 0.187. The van der Waals surface area contributed by atoms with Crippen LogP contribution >= 0.6 is 0 Å². The zero-order chi connectivity index (χ0) is 33.3. The summed E-state index contributed by atoms with van der Waals surface area (Å²) in [6, 6.07) is 47.4. The second kappa shape index (κ2) is 10.9. The Hall–Kier alpha value is -6.66. The molecule has 0 atom stereocenters. The molecule has 0 unspecified atom stereocenters. The highest BCUT2D eigenvalue weighted by Gasteiger charge is 2.20.